The number of Topliss-reactive ketones (excluding diaryl/α,β-unsaturated/α-hetero) is 1. The van der Waals surface area contributed by atoms with E-state index in [4.69, 9.17) is 0 Å². The lowest BCUT2D eigenvalue weighted by atomic mass is 9.66. The van der Waals surface area contributed by atoms with Gasteiger partial charge in [0.2, 0.25) is 0 Å². The van der Waals surface area contributed by atoms with Crippen LogP contribution in [0.25, 0.3) is 0 Å². The topological polar surface area (TPSA) is 17.1 Å². The summed E-state index contributed by atoms with van der Waals surface area (Å²) in [5.74, 6) is 4.19. The second-order valence-electron chi connectivity index (χ2n) is 8.24. The van der Waals surface area contributed by atoms with Gasteiger partial charge in [0, 0.05) is 12.8 Å². The largest absolute Gasteiger partial charge is 0.299 e. The lowest BCUT2D eigenvalue weighted by Gasteiger charge is -2.39. The van der Waals surface area contributed by atoms with E-state index in [1.165, 1.54) is 69.8 Å². The SMILES string of the molecule is CCCCCC1CCC(C2CC=C3CC(=O)CCC3C2)CC1. The van der Waals surface area contributed by atoms with Crippen molar-refractivity contribution in [1.29, 1.82) is 0 Å². The minimum absolute atomic E-state index is 0.480. The fourth-order valence-electron chi connectivity index (χ4n) is 5.27. The molecule has 0 amide bonds. The summed E-state index contributed by atoms with van der Waals surface area (Å²) in [6.07, 6.45) is 19.6. The molecule has 22 heavy (non-hydrogen) atoms. The van der Waals surface area contributed by atoms with E-state index in [-0.39, 0.29) is 0 Å². The zero-order valence-electron chi connectivity index (χ0n) is 14.5. The van der Waals surface area contributed by atoms with Gasteiger partial charge in [-0.25, -0.2) is 0 Å². The fourth-order valence-corrected chi connectivity index (χ4v) is 5.27. The third kappa shape index (κ3) is 4.03. The lowest BCUT2D eigenvalue weighted by Crippen LogP contribution is -2.29. The molecule has 0 aromatic carbocycles. The zero-order valence-corrected chi connectivity index (χ0v) is 14.5. The minimum atomic E-state index is 0.480. The molecule has 2 saturated carbocycles. The molecule has 0 bridgehead atoms. The van der Waals surface area contributed by atoms with Crippen molar-refractivity contribution in [3.63, 3.8) is 0 Å². The van der Waals surface area contributed by atoms with Crippen LogP contribution in [0, 0.1) is 23.7 Å². The van der Waals surface area contributed by atoms with Gasteiger partial charge in [0.25, 0.3) is 0 Å². The first-order valence-corrected chi connectivity index (χ1v) is 9.97. The molecular weight excluding hydrogens is 268 g/mol. The second kappa shape index (κ2) is 7.79. The van der Waals surface area contributed by atoms with E-state index in [2.05, 4.69) is 13.0 Å². The number of fused-ring (bicyclic) bond motifs is 1. The molecule has 0 aromatic heterocycles. The summed E-state index contributed by atoms with van der Waals surface area (Å²) >= 11 is 0. The Balaban J connectivity index is 1.45. The van der Waals surface area contributed by atoms with Crippen molar-refractivity contribution < 1.29 is 4.79 Å². The highest BCUT2D eigenvalue weighted by Gasteiger charge is 2.34. The van der Waals surface area contributed by atoms with Gasteiger partial charge in [-0.1, -0.05) is 57.1 Å². The number of carbonyl (C=O) groups is 1. The number of ketones is 1. The maximum Gasteiger partial charge on any atom is 0.136 e. The first-order chi connectivity index (χ1) is 10.8. The molecule has 2 unspecified atom stereocenters. The number of carbonyl (C=O) groups excluding carboxylic acids is 1. The van der Waals surface area contributed by atoms with E-state index < -0.39 is 0 Å². The predicted molar refractivity (Wildman–Crippen MR) is 92.7 cm³/mol. The van der Waals surface area contributed by atoms with Crippen molar-refractivity contribution in [1.82, 2.24) is 0 Å². The first kappa shape index (κ1) is 16.3. The van der Waals surface area contributed by atoms with Crippen LogP contribution in [0.4, 0.5) is 0 Å². The Bertz CT molecular complexity index is 400. The van der Waals surface area contributed by atoms with Crippen LogP contribution in [-0.2, 0) is 4.79 Å². The third-order valence-corrected chi connectivity index (χ3v) is 6.74. The molecular formula is C21H34O. The van der Waals surface area contributed by atoms with Gasteiger partial charge in [0.15, 0.2) is 0 Å². The van der Waals surface area contributed by atoms with Crippen LogP contribution in [0.2, 0.25) is 0 Å². The van der Waals surface area contributed by atoms with Crippen LogP contribution in [-0.4, -0.2) is 5.78 Å². The normalized spacial score (nSPS) is 35.9. The molecule has 2 atom stereocenters. The summed E-state index contributed by atoms with van der Waals surface area (Å²) in [5.41, 5.74) is 1.50. The van der Waals surface area contributed by atoms with E-state index in [0.29, 0.717) is 5.78 Å². The summed E-state index contributed by atoms with van der Waals surface area (Å²) in [4.78, 5) is 11.6. The molecule has 3 aliphatic carbocycles. The predicted octanol–water partition coefficient (Wildman–Crippen LogP) is 6.08. The van der Waals surface area contributed by atoms with Crippen molar-refractivity contribution in [2.24, 2.45) is 23.7 Å². The van der Waals surface area contributed by atoms with Gasteiger partial charge in [0.05, 0.1) is 0 Å². The highest BCUT2D eigenvalue weighted by atomic mass is 16.1. The Morgan fingerprint density at radius 2 is 1.86 bits per heavy atom. The molecule has 0 spiro atoms. The van der Waals surface area contributed by atoms with Gasteiger partial charge in [-0.15, -0.1) is 0 Å². The average molecular weight is 303 g/mol. The third-order valence-electron chi connectivity index (χ3n) is 6.74. The highest BCUT2D eigenvalue weighted by Crippen LogP contribution is 2.45. The van der Waals surface area contributed by atoms with Gasteiger partial charge in [-0.3, -0.25) is 4.79 Å². The summed E-state index contributed by atoms with van der Waals surface area (Å²) in [5, 5.41) is 0. The van der Waals surface area contributed by atoms with Crippen LogP contribution in [0.1, 0.15) is 90.4 Å². The van der Waals surface area contributed by atoms with Gasteiger partial charge in [0.1, 0.15) is 5.78 Å². The second-order valence-corrected chi connectivity index (χ2v) is 8.24. The summed E-state index contributed by atoms with van der Waals surface area (Å²) in [7, 11) is 0. The van der Waals surface area contributed by atoms with Crippen LogP contribution in [0.3, 0.4) is 0 Å². The molecule has 0 heterocycles. The quantitative estimate of drug-likeness (QED) is 0.444. The van der Waals surface area contributed by atoms with Crippen molar-refractivity contribution >= 4 is 5.78 Å². The number of hydrogen-bond donors (Lipinski definition) is 0. The monoisotopic (exact) mass is 302 g/mol. The number of allylic oxidation sites excluding steroid dienone is 2. The fraction of sp³-hybridized carbons (Fsp3) is 0.857. The molecule has 1 heteroatoms. The van der Waals surface area contributed by atoms with Gasteiger partial charge >= 0.3 is 0 Å². The van der Waals surface area contributed by atoms with Gasteiger partial charge in [-0.2, -0.15) is 0 Å². The van der Waals surface area contributed by atoms with E-state index in [0.717, 1.165) is 42.9 Å². The molecule has 124 valence electrons. The van der Waals surface area contributed by atoms with Crippen LogP contribution in [0.5, 0.6) is 0 Å². The molecule has 3 aliphatic rings. The first-order valence-electron chi connectivity index (χ1n) is 9.97. The molecule has 2 fully saturated rings. The van der Waals surface area contributed by atoms with E-state index >= 15 is 0 Å². The zero-order chi connectivity index (χ0) is 15.4. The molecule has 0 saturated heterocycles. The Hall–Kier alpha value is -0.590. The number of hydrogen-bond acceptors (Lipinski definition) is 1. The van der Waals surface area contributed by atoms with Crippen molar-refractivity contribution in [2.45, 2.75) is 90.4 Å². The summed E-state index contributed by atoms with van der Waals surface area (Å²) in [6, 6.07) is 0. The summed E-state index contributed by atoms with van der Waals surface area (Å²) in [6.45, 7) is 2.31. The number of unbranched alkanes of at least 4 members (excludes halogenated alkanes) is 2. The van der Waals surface area contributed by atoms with Gasteiger partial charge < -0.3 is 0 Å². The van der Waals surface area contributed by atoms with Crippen molar-refractivity contribution in [3.8, 4) is 0 Å². The van der Waals surface area contributed by atoms with E-state index in [1.807, 2.05) is 0 Å². The van der Waals surface area contributed by atoms with E-state index in [9.17, 15) is 4.79 Å². The molecule has 0 aliphatic heterocycles. The minimum Gasteiger partial charge on any atom is -0.299 e. The molecule has 1 nitrogen and oxygen atoms in total. The maximum absolute atomic E-state index is 11.6. The Morgan fingerprint density at radius 3 is 2.64 bits per heavy atom. The van der Waals surface area contributed by atoms with Crippen LogP contribution in [0.15, 0.2) is 11.6 Å². The standard InChI is InChI=1S/C21H34O/c1-2-3-4-5-16-6-8-17(9-7-16)18-10-11-20-15-21(22)13-12-19(20)14-18/h11,16-19H,2-10,12-15H2,1H3. The molecule has 0 aromatic rings. The number of rotatable bonds is 5. The molecule has 0 N–H and O–H groups in total. The van der Waals surface area contributed by atoms with Crippen molar-refractivity contribution in [3.05, 3.63) is 11.6 Å². The molecule has 3 rings (SSSR count). The Morgan fingerprint density at radius 1 is 1.05 bits per heavy atom. The Labute approximate surface area is 136 Å². The molecule has 0 radical (unpaired) electrons. The van der Waals surface area contributed by atoms with Crippen molar-refractivity contribution in [2.75, 3.05) is 0 Å². The Kier molecular flexibility index (Phi) is 5.77. The highest BCUT2D eigenvalue weighted by molar-refractivity contribution is 5.82. The average Bonchev–Trinajstić information content (AvgIpc) is 2.55. The van der Waals surface area contributed by atoms with Gasteiger partial charge in [-0.05, 0) is 55.8 Å². The van der Waals surface area contributed by atoms with Crippen LogP contribution >= 0.6 is 0 Å². The smallest absolute Gasteiger partial charge is 0.136 e. The summed E-state index contributed by atoms with van der Waals surface area (Å²) < 4.78 is 0. The van der Waals surface area contributed by atoms with E-state index in [1.54, 1.807) is 0 Å². The van der Waals surface area contributed by atoms with Crippen LogP contribution < -0.4 is 0 Å². The maximum atomic E-state index is 11.6. The lowest BCUT2D eigenvalue weighted by molar-refractivity contribution is -0.119.